The Morgan fingerprint density at radius 3 is 3.05 bits per heavy atom. The number of nitrogens with one attached hydrogen (secondary N) is 1. The molecule has 0 aliphatic carbocycles. The molecule has 104 valence electrons. The number of benzene rings is 1. The molecule has 0 radical (unpaired) electrons. The molecule has 19 heavy (non-hydrogen) atoms. The first-order valence-corrected chi connectivity index (χ1v) is 7.46. The van der Waals surface area contributed by atoms with Crippen molar-refractivity contribution in [2.45, 2.75) is 38.3 Å². The first-order valence-electron chi connectivity index (χ1n) is 7.46. The van der Waals surface area contributed by atoms with Crippen LogP contribution >= 0.6 is 0 Å². The van der Waals surface area contributed by atoms with Crippen molar-refractivity contribution in [3.05, 3.63) is 29.8 Å². The molecular weight excluding hydrogens is 236 g/mol. The van der Waals surface area contributed by atoms with Crippen LogP contribution in [0.3, 0.4) is 0 Å². The van der Waals surface area contributed by atoms with Crippen molar-refractivity contribution in [1.82, 2.24) is 4.90 Å². The lowest BCUT2D eigenvalue weighted by Crippen LogP contribution is -2.50. The molecule has 1 fully saturated rings. The van der Waals surface area contributed by atoms with Gasteiger partial charge in [0.25, 0.3) is 0 Å². The molecule has 2 aliphatic heterocycles. The van der Waals surface area contributed by atoms with E-state index in [2.05, 4.69) is 48.3 Å². The van der Waals surface area contributed by atoms with Crippen LogP contribution in [0.2, 0.25) is 0 Å². The summed E-state index contributed by atoms with van der Waals surface area (Å²) in [4.78, 5) is 2.63. The first kappa shape index (κ1) is 12.9. The van der Waals surface area contributed by atoms with Crippen molar-refractivity contribution >= 4 is 5.69 Å². The van der Waals surface area contributed by atoms with Crippen LogP contribution in [-0.2, 0) is 4.74 Å². The zero-order valence-corrected chi connectivity index (χ0v) is 11.9. The quantitative estimate of drug-likeness (QED) is 0.904. The van der Waals surface area contributed by atoms with E-state index in [4.69, 9.17) is 4.74 Å². The molecule has 3 heteroatoms. The molecule has 0 saturated carbocycles. The maximum absolute atomic E-state index is 5.79. The summed E-state index contributed by atoms with van der Waals surface area (Å²) in [5.41, 5.74) is 2.80. The third-order valence-electron chi connectivity index (χ3n) is 4.45. The SMILES string of the molecule is CCC1COC(C)CN1CC1CNc2ccccc21. The smallest absolute Gasteiger partial charge is 0.0674 e. The first-order chi connectivity index (χ1) is 9.28. The molecule has 0 bridgehead atoms. The normalized spacial score (nSPS) is 30.9. The minimum Gasteiger partial charge on any atom is -0.384 e. The molecule has 1 saturated heterocycles. The number of anilines is 1. The summed E-state index contributed by atoms with van der Waals surface area (Å²) in [6.45, 7) is 8.62. The molecule has 2 heterocycles. The van der Waals surface area contributed by atoms with Gasteiger partial charge in [0.05, 0.1) is 12.7 Å². The highest BCUT2D eigenvalue weighted by Gasteiger charge is 2.30. The summed E-state index contributed by atoms with van der Waals surface area (Å²) in [7, 11) is 0. The summed E-state index contributed by atoms with van der Waals surface area (Å²) >= 11 is 0. The molecule has 1 aromatic rings. The van der Waals surface area contributed by atoms with Gasteiger partial charge >= 0.3 is 0 Å². The van der Waals surface area contributed by atoms with Gasteiger partial charge in [0.2, 0.25) is 0 Å². The highest BCUT2D eigenvalue weighted by molar-refractivity contribution is 5.57. The lowest BCUT2D eigenvalue weighted by Gasteiger charge is -2.39. The third kappa shape index (κ3) is 2.63. The van der Waals surface area contributed by atoms with E-state index in [0.717, 1.165) is 26.2 Å². The third-order valence-corrected chi connectivity index (χ3v) is 4.45. The second-order valence-corrected chi connectivity index (χ2v) is 5.83. The Labute approximate surface area is 115 Å². The molecule has 3 rings (SSSR count). The van der Waals surface area contributed by atoms with Crippen molar-refractivity contribution in [3.63, 3.8) is 0 Å². The molecule has 3 nitrogen and oxygen atoms in total. The van der Waals surface area contributed by atoms with E-state index in [0.29, 0.717) is 18.1 Å². The van der Waals surface area contributed by atoms with Gasteiger partial charge in [0, 0.05) is 37.3 Å². The Bertz CT molecular complexity index is 435. The average Bonchev–Trinajstić information content (AvgIpc) is 2.83. The Balaban J connectivity index is 1.71. The molecule has 0 aromatic heterocycles. The number of para-hydroxylation sites is 1. The van der Waals surface area contributed by atoms with Crippen LogP contribution in [0.15, 0.2) is 24.3 Å². The predicted octanol–water partition coefficient (Wildman–Crippen LogP) is 2.70. The van der Waals surface area contributed by atoms with Crippen LogP contribution in [-0.4, -0.2) is 43.3 Å². The molecule has 3 unspecified atom stereocenters. The molecule has 0 amide bonds. The number of ether oxygens (including phenoxy) is 1. The number of morpholine rings is 1. The van der Waals surface area contributed by atoms with E-state index in [9.17, 15) is 0 Å². The number of hydrogen-bond acceptors (Lipinski definition) is 3. The average molecular weight is 260 g/mol. The zero-order chi connectivity index (χ0) is 13.2. The van der Waals surface area contributed by atoms with E-state index >= 15 is 0 Å². The second kappa shape index (κ2) is 5.51. The van der Waals surface area contributed by atoms with E-state index in [-0.39, 0.29) is 0 Å². The van der Waals surface area contributed by atoms with Gasteiger partial charge < -0.3 is 10.1 Å². The lowest BCUT2D eigenvalue weighted by molar-refractivity contribution is -0.0571. The summed E-state index contributed by atoms with van der Waals surface area (Å²) in [6, 6.07) is 9.31. The molecule has 2 aliphatic rings. The zero-order valence-electron chi connectivity index (χ0n) is 11.9. The van der Waals surface area contributed by atoms with Gasteiger partial charge in [-0.1, -0.05) is 25.1 Å². The molecular formula is C16H24N2O. The maximum Gasteiger partial charge on any atom is 0.0674 e. The van der Waals surface area contributed by atoms with Gasteiger partial charge in [0.1, 0.15) is 0 Å². The maximum atomic E-state index is 5.79. The van der Waals surface area contributed by atoms with Crippen LogP contribution in [0.25, 0.3) is 0 Å². The van der Waals surface area contributed by atoms with Crippen molar-refractivity contribution < 1.29 is 4.74 Å². The molecule has 1 N–H and O–H groups in total. The largest absolute Gasteiger partial charge is 0.384 e. The van der Waals surface area contributed by atoms with Gasteiger partial charge in [-0.15, -0.1) is 0 Å². The second-order valence-electron chi connectivity index (χ2n) is 5.83. The van der Waals surface area contributed by atoms with Gasteiger partial charge in [0.15, 0.2) is 0 Å². The Kier molecular flexibility index (Phi) is 3.76. The monoisotopic (exact) mass is 260 g/mol. The van der Waals surface area contributed by atoms with Crippen molar-refractivity contribution in [3.8, 4) is 0 Å². The topological polar surface area (TPSA) is 24.5 Å². The Morgan fingerprint density at radius 2 is 2.21 bits per heavy atom. The molecule has 3 atom stereocenters. The van der Waals surface area contributed by atoms with Crippen LogP contribution in [0, 0.1) is 0 Å². The van der Waals surface area contributed by atoms with E-state index in [1.54, 1.807) is 0 Å². The fraction of sp³-hybridized carbons (Fsp3) is 0.625. The van der Waals surface area contributed by atoms with Crippen molar-refractivity contribution in [2.75, 3.05) is 31.6 Å². The van der Waals surface area contributed by atoms with Crippen LogP contribution in [0.4, 0.5) is 5.69 Å². The fourth-order valence-corrected chi connectivity index (χ4v) is 3.32. The number of nitrogens with zero attached hydrogens (tertiary/aromatic N) is 1. The summed E-state index contributed by atoms with van der Waals surface area (Å²) in [5.74, 6) is 0.621. The Morgan fingerprint density at radius 1 is 1.37 bits per heavy atom. The van der Waals surface area contributed by atoms with Crippen LogP contribution in [0.5, 0.6) is 0 Å². The summed E-state index contributed by atoms with van der Waals surface area (Å²) < 4.78 is 5.79. The fourth-order valence-electron chi connectivity index (χ4n) is 3.32. The van der Waals surface area contributed by atoms with Crippen molar-refractivity contribution in [1.29, 1.82) is 0 Å². The number of hydrogen-bond donors (Lipinski definition) is 1. The minimum absolute atomic E-state index is 0.368. The van der Waals surface area contributed by atoms with Gasteiger partial charge in [-0.3, -0.25) is 4.90 Å². The highest BCUT2D eigenvalue weighted by Crippen LogP contribution is 2.32. The number of rotatable bonds is 3. The highest BCUT2D eigenvalue weighted by atomic mass is 16.5. The number of fused-ring (bicyclic) bond motifs is 1. The lowest BCUT2D eigenvalue weighted by atomic mass is 9.99. The van der Waals surface area contributed by atoms with E-state index in [1.807, 2.05) is 0 Å². The van der Waals surface area contributed by atoms with Crippen molar-refractivity contribution in [2.24, 2.45) is 0 Å². The minimum atomic E-state index is 0.368. The van der Waals surface area contributed by atoms with Crippen LogP contribution < -0.4 is 5.32 Å². The van der Waals surface area contributed by atoms with E-state index < -0.39 is 0 Å². The molecule has 1 aromatic carbocycles. The van der Waals surface area contributed by atoms with E-state index in [1.165, 1.54) is 17.7 Å². The van der Waals surface area contributed by atoms with Gasteiger partial charge in [-0.2, -0.15) is 0 Å². The molecule has 0 spiro atoms. The summed E-state index contributed by atoms with van der Waals surface area (Å²) in [5, 5.41) is 3.53. The van der Waals surface area contributed by atoms with Crippen LogP contribution in [0.1, 0.15) is 31.7 Å². The summed E-state index contributed by atoms with van der Waals surface area (Å²) in [6.07, 6.45) is 1.54. The Hall–Kier alpha value is -1.06. The van der Waals surface area contributed by atoms with Gasteiger partial charge in [-0.25, -0.2) is 0 Å². The standard InChI is InChI=1S/C16H24N2O/c1-3-14-11-19-12(2)9-18(14)10-13-8-17-16-7-5-4-6-15(13)16/h4-7,12-14,17H,3,8-11H2,1-2H3. The van der Waals surface area contributed by atoms with Gasteiger partial charge in [-0.05, 0) is 25.0 Å². The predicted molar refractivity (Wildman–Crippen MR) is 78.7 cm³/mol.